The minimum absolute atomic E-state index is 0.215. The number of benzene rings is 2. The highest BCUT2D eigenvalue weighted by Crippen LogP contribution is 2.33. The second kappa shape index (κ2) is 7.49. The second-order valence-corrected chi connectivity index (χ2v) is 6.65. The van der Waals surface area contributed by atoms with E-state index in [1.807, 2.05) is 30.3 Å². The first-order valence-corrected chi connectivity index (χ1v) is 9.00. The van der Waals surface area contributed by atoms with Crippen LogP contribution in [0.2, 0.25) is 0 Å². The van der Waals surface area contributed by atoms with Gasteiger partial charge in [0.05, 0.1) is 5.56 Å². The minimum Gasteiger partial charge on any atom is -0.486 e. The molecule has 0 unspecified atom stereocenters. The molecule has 0 fully saturated rings. The number of nitrogens with one attached hydrogen (secondary N) is 1. The Morgan fingerprint density at radius 1 is 0.962 bits per heavy atom. The molecule has 1 amide bonds. The van der Waals surface area contributed by atoms with Crippen LogP contribution in [0.15, 0.2) is 76.8 Å². The Morgan fingerprint density at radius 3 is 2.62 bits per heavy atom. The van der Waals surface area contributed by atoms with Gasteiger partial charge >= 0.3 is 0 Å². The second-order valence-electron chi connectivity index (χ2n) is 5.58. The van der Waals surface area contributed by atoms with Crippen molar-refractivity contribution in [3.05, 3.63) is 72.4 Å². The van der Waals surface area contributed by atoms with Crippen molar-refractivity contribution in [1.82, 2.24) is 4.98 Å². The van der Waals surface area contributed by atoms with Gasteiger partial charge in [-0.2, -0.15) is 0 Å². The lowest BCUT2D eigenvalue weighted by Crippen LogP contribution is -2.17. The lowest BCUT2D eigenvalue weighted by molar-refractivity contribution is 0.102. The van der Waals surface area contributed by atoms with Crippen LogP contribution < -0.4 is 14.8 Å². The molecule has 4 rings (SSSR count). The van der Waals surface area contributed by atoms with E-state index in [2.05, 4.69) is 10.3 Å². The molecule has 3 aromatic rings. The smallest absolute Gasteiger partial charge is 0.258 e. The maximum Gasteiger partial charge on any atom is 0.258 e. The predicted molar refractivity (Wildman–Crippen MR) is 100 cm³/mol. The normalized spacial score (nSPS) is 12.5. The number of hydrogen-bond acceptors (Lipinski definition) is 5. The summed E-state index contributed by atoms with van der Waals surface area (Å²) in [4.78, 5) is 18.1. The van der Waals surface area contributed by atoms with E-state index in [-0.39, 0.29) is 5.91 Å². The van der Waals surface area contributed by atoms with Gasteiger partial charge in [0.1, 0.15) is 18.2 Å². The van der Waals surface area contributed by atoms with Gasteiger partial charge in [-0.15, -0.1) is 0 Å². The van der Waals surface area contributed by atoms with Crippen LogP contribution in [0.1, 0.15) is 10.4 Å². The monoisotopic (exact) mass is 364 g/mol. The largest absolute Gasteiger partial charge is 0.486 e. The fraction of sp³-hybridized carbons (Fsp3) is 0.100. The van der Waals surface area contributed by atoms with Crippen LogP contribution in [0, 0.1) is 0 Å². The highest BCUT2D eigenvalue weighted by atomic mass is 32.2. The minimum atomic E-state index is -0.215. The molecule has 2 aromatic carbocycles. The summed E-state index contributed by atoms with van der Waals surface area (Å²) in [6.07, 6.45) is 1.69. The van der Waals surface area contributed by atoms with Gasteiger partial charge in [0.15, 0.2) is 11.5 Å². The topological polar surface area (TPSA) is 60.5 Å². The highest BCUT2D eigenvalue weighted by Gasteiger charge is 2.16. The van der Waals surface area contributed by atoms with Crippen molar-refractivity contribution in [2.75, 3.05) is 18.5 Å². The van der Waals surface area contributed by atoms with E-state index in [1.54, 1.807) is 36.5 Å². The molecular formula is C20H16N2O3S. The van der Waals surface area contributed by atoms with Crippen LogP contribution >= 0.6 is 11.8 Å². The molecule has 1 aliphatic rings. The van der Waals surface area contributed by atoms with E-state index in [1.165, 1.54) is 11.8 Å². The number of carbonyl (C=O) groups excluding carboxylic acids is 1. The molecule has 130 valence electrons. The summed E-state index contributed by atoms with van der Waals surface area (Å²) in [6, 6.07) is 18.7. The number of carbonyl (C=O) groups is 1. The average molecular weight is 364 g/mol. The maximum atomic E-state index is 12.8. The van der Waals surface area contributed by atoms with Crippen LogP contribution in [-0.4, -0.2) is 24.1 Å². The Hall–Kier alpha value is -2.99. The highest BCUT2D eigenvalue weighted by molar-refractivity contribution is 7.99. The van der Waals surface area contributed by atoms with Gasteiger partial charge < -0.3 is 14.8 Å². The zero-order valence-corrected chi connectivity index (χ0v) is 14.7. The molecule has 0 spiro atoms. The molecule has 1 aromatic heterocycles. The average Bonchev–Trinajstić information content (AvgIpc) is 2.69. The van der Waals surface area contributed by atoms with Crippen LogP contribution in [0.5, 0.6) is 11.5 Å². The van der Waals surface area contributed by atoms with Crippen LogP contribution in [0.4, 0.5) is 5.69 Å². The van der Waals surface area contributed by atoms with Crippen LogP contribution in [0.25, 0.3) is 0 Å². The Labute approximate surface area is 155 Å². The van der Waals surface area contributed by atoms with Crippen LogP contribution in [-0.2, 0) is 0 Å². The van der Waals surface area contributed by atoms with Crippen molar-refractivity contribution in [2.24, 2.45) is 0 Å². The van der Waals surface area contributed by atoms with E-state index in [9.17, 15) is 4.79 Å². The van der Waals surface area contributed by atoms with Gasteiger partial charge in [-0.3, -0.25) is 4.79 Å². The summed E-state index contributed by atoms with van der Waals surface area (Å²) in [5, 5.41) is 3.57. The first-order chi connectivity index (χ1) is 12.8. The molecule has 0 saturated carbocycles. The quantitative estimate of drug-likeness (QED) is 0.750. The number of nitrogens with zero attached hydrogens (tertiary/aromatic N) is 1. The van der Waals surface area contributed by atoms with Crippen molar-refractivity contribution in [3.63, 3.8) is 0 Å². The summed E-state index contributed by atoms with van der Waals surface area (Å²) >= 11 is 1.46. The van der Waals surface area contributed by atoms with Crippen molar-refractivity contribution in [3.8, 4) is 11.5 Å². The van der Waals surface area contributed by atoms with E-state index >= 15 is 0 Å². The van der Waals surface area contributed by atoms with Crippen molar-refractivity contribution in [2.45, 2.75) is 9.92 Å². The van der Waals surface area contributed by atoms with Gasteiger partial charge in [-0.25, -0.2) is 4.98 Å². The summed E-state index contributed by atoms with van der Waals surface area (Å²) in [6.45, 7) is 1.04. The van der Waals surface area contributed by atoms with Crippen molar-refractivity contribution >= 4 is 23.4 Å². The zero-order chi connectivity index (χ0) is 17.8. The number of pyridine rings is 1. The number of ether oxygens (including phenoxy) is 2. The number of fused-ring (bicyclic) bond motifs is 1. The Morgan fingerprint density at radius 2 is 1.77 bits per heavy atom. The molecule has 5 nitrogen and oxygen atoms in total. The van der Waals surface area contributed by atoms with E-state index in [0.717, 1.165) is 4.90 Å². The first kappa shape index (κ1) is 16.5. The third-order valence-electron chi connectivity index (χ3n) is 3.77. The molecule has 0 saturated heterocycles. The van der Waals surface area contributed by atoms with E-state index in [4.69, 9.17) is 9.47 Å². The molecule has 26 heavy (non-hydrogen) atoms. The molecule has 0 radical (unpaired) electrons. The summed E-state index contributed by atoms with van der Waals surface area (Å²) in [7, 11) is 0. The van der Waals surface area contributed by atoms with E-state index in [0.29, 0.717) is 41.0 Å². The number of rotatable bonds is 4. The Kier molecular flexibility index (Phi) is 4.75. The molecule has 0 aliphatic carbocycles. The molecular weight excluding hydrogens is 348 g/mol. The fourth-order valence-electron chi connectivity index (χ4n) is 2.56. The first-order valence-electron chi connectivity index (χ1n) is 8.18. The predicted octanol–water partition coefficient (Wildman–Crippen LogP) is 4.26. The third kappa shape index (κ3) is 3.65. The van der Waals surface area contributed by atoms with Gasteiger partial charge in [0, 0.05) is 22.8 Å². The number of aromatic nitrogens is 1. The number of amides is 1. The standard InChI is InChI=1S/C20H16N2O3S/c23-19(22-14-8-9-17-18(13-14)25-12-11-24-17)16-7-4-10-21-20(16)26-15-5-2-1-3-6-15/h1-10,13H,11-12H2,(H,22,23). The number of anilines is 1. The van der Waals surface area contributed by atoms with Gasteiger partial charge in [-0.05, 0) is 36.4 Å². The van der Waals surface area contributed by atoms with Gasteiger partial charge in [0.2, 0.25) is 0 Å². The Bertz CT molecular complexity index is 931. The van der Waals surface area contributed by atoms with Gasteiger partial charge in [-0.1, -0.05) is 30.0 Å². The fourth-order valence-corrected chi connectivity index (χ4v) is 3.47. The lowest BCUT2D eigenvalue weighted by atomic mass is 10.2. The molecule has 0 atom stereocenters. The van der Waals surface area contributed by atoms with Gasteiger partial charge in [0.25, 0.3) is 5.91 Å². The molecule has 0 bridgehead atoms. The SMILES string of the molecule is O=C(Nc1ccc2c(c1)OCCO2)c1cccnc1Sc1ccccc1. The Balaban J connectivity index is 1.55. The summed E-state index contributed by atoms with van der Waals surface area (Å²) < 4.78 is 11.1. The molecule has 6 heteroatoms. The molecule has 1 aliphatic heterocycles. The maximum absolute atomic E-state index is 12.8. The summed E-state index contributed by atoms with van der Waals surface area (Å²) in [5.41, 5.74) is 1.18. The van der Waals surface area contributed by atoms with E-state index < -0.39 is 0 Å². The number of hydrogen-bond donors (Lipinski definition) is 1. The zero-order valence-electron chi connectivity index (χ0n) is 13.8. The summed E-state index contributed by atoms with van der Waals surface area (Å²) in [5.74, 6) is 1.11. The third-order valence-corrected chi connectivity index (χ3v) is 4.80. The molecule has 1 N–H and O–H groups in total. The van der Waals surface area contributed by atoms with Crippen molar-refractivity contribution < 1.29 is 14.3 Å². The van der Waals surface area contributed by atoms with Crippen LogP contribution in [0.3, 0.4) is 0 Å². The van der Waals surface area contributed by atoms with Crippen molar-refractivity contribution in [1.29, 1.82) is 0 Å². The molecule has 2 heterocycles. The lowest BCUT2D eigenvalue weighted by Gasteiger charge is -2.19.